The van der Waals surface area contributed by atoms with E-state index in [1.807, 2.05) is 24.0 Å². The van der Waals surface area contributed by atoms with Crippen LogP contribution in [0, 0.1) is 6.92 Å². The molecule has 1 aliphatic heterocycles. The number of rotatable bonds is 3. The van der Waals surface area contributed by atoms with Crippen molar-refractivity contribution in [2.75, 3.05) is 18.0 Å². The molecule has 1 heterocycles. The van der Waals surface area contributed by atoms with E-state index in [4.69, 9.17) is 4.74 Å². The number of ether oxygens (including phenoxy) is 1. The summed E-state index contributed by atoms with van der Waals surface area (Å²) in [5.41, 5.74) is 1.91. The highest BCUT2D eigenvalue weighted by molar-refractivity contribution is 5.89. The van der Waals surface area contributed by atoms with Gasteiger partial charge in [0, 0.05) is 6.04 Å². The molecular weight excluding hydrogens is 352 g/mol. The summed E-state index contributed by atoms with van der Waals surface area (Å²) in [7, 11) is 0. The maximum atomic E-state index is 12.8. The molecule has 28 heavy (non-hydrogen) atoms. The first kappa shape index (κ1) is 20.7. The van der Waals surface area contributed by atoms with Gasteiger partial charge < -0.3 is 15.0 Å². The fourth-order valence-corrected chi connectivity index (χ4v) is 4.25. The number of nitrogens with one attached hydrogen (secondary N) is 1. The zero-order valence-corrected chi connectivity index (χ0v) is 17.2. The lowest BCUT2D eigenvalue weighted by molar-refractivity contribution is -0.133. The van der Waals surface area contributed by atoms with Gasteiger partial charge in [0.1, 0.15) is 6.54 Å². The molecule has 1 fully saturated rings. The Bertz CT molecular complexity index is 662. The third-order valence-electron chi connectivity index (χ3n) is 5.80. The van der Waals surface area contributed by atoms with Crippen molar-refractivity contribution in [1.82, 2.24) is 5.32 Å². The highest BCUT2D eigenvalue weighted by atomic mass is 16.5. The largest absolute Gasteiger partial charge is 0.423 e. The van der Waals surface area contributed by atoms with E-state index >= 15 is 0 Å². The van der Waals surface area contributed by atoms with E-state index in [1.165, 1.54) is 57.8 Å². The molecule has 1 aromatic rings. The first-order valence-corrected chi connectivity index (χ1v) is 11.0. The molecule has 1 amide bonds. The number of fused-ring (bicyclic) bond motifs is 1. The van der Waals surface area contributed by atoms with Gasteiger partial charge in [0.25, 0.3) is 0 Å². The van der Waals surface area contributed by atoms with Crippen molar-refractivity contribution in [3.05, 3.63) is 23.8 Å². The molecule has 1 aliphatic carbocycles. The average Bonchev–Trinajstić information content (AvgIpc) is 2.64. The summed E-state index contributed by atoms with van der Waals surface area (Å²) < 4.78 is 5.31. The SMILES string of the molecule is Cc1ccc2c(c1)N(CC(=O)NC1CCCCCCCCCCC1)CC(=O)O2. The monoisotopic (exact) mass is 386 g/mol. The van der Waals surface area contributed by atoms with Crippen molar-refractivity contribution in [1.29, 1.82) is 0 Å². The minimum atomic E-state index is -0.310. The Balaban J connectivity index is 1.57. The lowest BCUT2D eigenvalue weighted by atomic mass is 9.98. The standard InChI is InChI=1S/C23H34N2O3/c1-18-13-14-21-20(15-18)25(17-23(27)28-21)16-22(26)24-19-11-9-7-5-3-2-4-6-8-10-12-19/h13-15,19H,2-12,16-17H2,1H3,(H,24,26). The van der Waals surface area contributed by atoms with Gasteiger partial charge in [-0.25, -0.2) is 4.79 Å². The van der Waals surface area contributed by atoms with Crippen LogP contribution in [0.15, 0.2) is 18.2 Å². The lowest BCUT2D eigenvalue weighted by Crippen LogP contribution is -2.46. The Morgan fingerprint density at radius 2 is 1.64 bits per heavy atom. The third-order valence-corrected chi connectivity index (χ3v) is 5.80. The number of carbonyl (C=O) groups excluding carboxylic acids is 2. The first-order chi connectivity index (χ1) is 13.6. The number of aryl methyl sites for hydroxylation is 1. The number of carbonyl (C=O) groups is 2. The summed E-state index contributed by atoms with van der Waals surface area (Å²) in [5, 5.41) is 3.25. The second-order valence-electron chi connectivity index (χ2n) is 8.33. The van der Waals surface area contributed by atoms with Gasteiger partial charge in [-0.1, -0.05) is 63.9 Å². The van der Waals surface area contributed by atoms with E-state index in [-0.39, 0.29) is 31.0 Å². The van der Waals surface area contributed by atoms with Gasteiger partial charge >= 0.3 is 5.97 Å². The molecule has 1 saturated carbocycles. The predicted molar refractivity (Wildman–Crippen MR) is 112 cm³/mol. The molecule has 5 heteroatoms. The summed E-state index contributed by atoms with van der Waals surface area (Å²) in [6.45, 7) is 2.32. The van der Waals surface area contributed by atoms with Gasteiger partial charge in [0.15, 0.2) is 5.75 Å². The number of amides is 1. The minimum Gasteiger partial charge on any atom is -0.423 e. The van der Waals surface area contributed by atoms with Crippen molar-refractivity contribution in [3.63, 3.8) is 0 Å². The Morgan fingerprint density at radius 3 is 2.29 bits per heavy atom. The highest BCUT2D eigenvalue weighted by Crippen LogP contribution is 2.32. The third kappa shape index (κ3) is 6.25. The maximum Gasteiger partial charge on any atom is 0.331 e. The first-order valence-electron chi connectivity index (χ1n) is 11.0. The molecule has 2 aliphatic rings. The Morgan fingerprint density at radius 1 is 1.04 bits per heavy atom. The zero-order chi connectivity index (χ0) is 19.8. The summed E-state index contributed by atoms with van der Waals surface area (Å²) in [5.74, 6) is 0.232. The van der Waals surface area contributed by atoms with Crippen molar-refractivity contribution >= 4 is 17.6 Å². The number of esters is 1. The van der Waals surface area contributed by atoms with E-state index < -0.39 is 0 Å². The number of benzene rings is 1. The van der Waals surface area contributed by atoms with Crippen molar-refractivity contribution < 1.29 is 14.3 Å². The van der Waals surface area contributed by atoms with Crippen molar-refractivity contribution in [3.8, 4) is 5.75 Å². The smallest absolute Gasteiger partial charge is 0.331 e. The molecule has 0 unspecified atom stereocenters. The number of hydrogen-bond acceptors (Lipinski definition) is 4. The van der Waals surface area contributed by atoms with Gasteiger partial charge in [-0.15, -0.1) is 0 Å². The van der Waals surface area contributed by atoms with Gasteiger partial charge in [-0.05, 0) is 37.5 Å². The molecule has 0 saturated heterocycles. The molecule has 0 aromatic heterocycles. The summed E-state index contributed by atoms with van der Waals surface area (Å²) in [6, 6.07) is 5.95. The van der Waals surface area contributed by atoms with Crippen molar-refractivity contribution in [2.45, 2.75) is 83.6 Å². The molecule has 5 nitrogen and oxygen atoms in total. The molecule has 0 bridgehead atoms. The second kappa shape index (κ2) is 10.5. The Hall–Kier alpha value is -2.04. The van der Waals surface area contributed by atoms with Crippen LogP contribution in [0.1, 0.15) is 76.2 Å². The van der Waals surface area contributed by atoms with Gasteiger partial charge in [-0.3, -0.25) is 4.79 Å². The van der Waals surface area contributed by atoms with E-state index in [1.54, 1.807) is 6.07 Å². The fraction of sp³-hybridized carbons (Fsp3) is 0.652. The highest BCUT2D eigenvalue weighted by Gasteiger charge is 2.26. The molecule has 0 radical (unpaired) electrons. The molecular formula is C23H34N2O3. The molecule has 3 rings (SSSR count). The normalized spacial score (nSPS) is 19.8. The van der Waals surface area contributed by atoms with Gasteiger partial charge in [-0.2, -0.15) is 0 Å². The van der Waals surface area contributed by atoms with E-state index in [2.05, 4.69) is 5.32 Å². The van der Waals surface area contributed by atoms with Crippen LogP contribution in [0.5, 0.6) is 5.75 Å². The van der Waals surface area contributed by atoms with Crippen LogP contribution >= 0.6 is 0 Å². The number of hydrogen-bond donors (Lipinski definition) is 1. The maximum absolute atomic E-state index is 12.8. The van der Waals surface area contributed by atoms with Crippen LogP contribution in [0.25, 0.3) is 0 Å². The van der Waals surface area contributed by atoms with E-state index in [0.29, 0.717) is 5.75 Å². The topological polar surface area (TPSA) is 58.6 Å². The molecule has 0 atom stereocenters. The predicted octanol–water partition coefficient (Wildman–Crippen LogP) is 4.51. The zero-order valence-electron chi connectivity index (χ0n) is 17.2. The van der Waals surface area contributed by atoms with Crippen molar-refractivity contribution in [2.24, 2.45) is 0 Å². The van der Waals surface area contributed by atoms with Crippen LogP contribution in [0.4, 0.5) is 5.69 Å². The number of anilines is 1. The molecule has 154 valence electrons. The van der Waals surface area contributed by atoms with Crippen LogP contribution in [0.3, 0.4) is 0 Å². The summed E-state index contributed by atoms with van der Waals surface area (Å²) in [4.78, 5) is 26.5. The molecule has 1 N–H and O–H groups in total. The molecule has 1 aromatic carbocycles. The molecule has 0 spiro atoms. The van der Waals surface area contributed by atoms with Gasteiger partial charge in [0.05, 0.1) is 12.2 Å². The Labute approximate surface area is 168 Å². The van der Waals surface area contributed by atoms with Gasteiger partial charge in [0.2, 0.25) is 5.91 Å². The van der Waals surface area contributed by atoms with Crippen LogP contribution in [-0.4, -0.2) is 31.0 Å². The summed E-state index contributed by atoms with van der Waals surface area (Å²) >= 11 is 0. The second-order valence-corrected chi connectivity index (χ2v) is 8.33. The van der Waals surface area contributed by atoms with E-state index in [0.717, 1.165) is 24.1 Å². The number of nitrogens with zero attached hydrogens (tertiary/aromatic N) is 1. The Kier molecular flexibility index (Phi) is 7.75. The van der Waals surface area contributed by atoms with Crippen LogP contribution in [-0.2, 0) is 9.59 Å². The quantitative estimate of drug-likeness (QED) is 0.613. The fourth-order valence-electron chi connectivity index (χ4n) is 4.25. The average molecular weight is 387 g/mol. The van der Waals surface area contributed by atoms with Crippen LogP contribution < -0.4 is 15.0 Å². The van der Waals surface area contributed by atoms with Crippen LogP contribution in [0.2, 0.25) is 0 Å². The summed E-state index contributed by atoms with van der Waals surface area (Å²) in [6.07, 6.45) is 13.7. The van der Waals surface area contributed by atoms with E-state index in [9.17, 15) is 9.59 Å². The lowest BCUT2D eigenvalue weighted by Gasteiger charge is -2.30. The minimum absolute atomic E-state index is 0.000694.